The predicted molar refractivity (Wildman–Crippen MR) is 120 cm³/mol. The van der Waals surface area contributed by atoms with Gasteiger partial charge in [0.05, 0.1) is 34.0 Å². The lowest BCUT2D eigenvalue weighted by Gasteiger charge is -2.56. The van der Waals surface area contributed by atoms with Crippen LogP contribution in [0.5, 0.6) is 0 Å². The van der Waals surface area contributed by atoms with Crippen LogP contribution in [0.2, 0.25) is 0 Å². The number of hydrazine groups is 1. The van der Waals surface area contributed by atoms with Gasteiger partial charge in [0.1, 0.15) is 0 Å². The smallest absolute Gasteiger partial charge is 0.0848 e. The van der Waals surface area contributed by atoms with E-state index in [0.29, 0.717) is 22.6 Å². The lowest BCUT2D eigenvalue weighted by Crippen LogP contribution is -2.62. The molecule has 5 aliphatic rings. The Morgan fingerprint density at radius 2 is 1.04 bits per heavy atom. The first-order chi connectivity index (χ1) is 13.9. The average molecular weight is 399 g/mol. The Morgan fingerprint density at radius 3 is 1.54 bits per heavy atom. The maximum Gasteiger partial charge on any atom is 0.0848 e. The van der Waals surface area contributed by atoms with Crippen molar-refractivity contribution in [2.75, 3.05) is 10.0 Å². The van der Waals surface area contributed by atoms with Gasteiger partial charge in [0.2, 0.25) is 0 Å². The summed E-state index contributed by atoms with van der Waals surface area (Å²) in [6.45, 7) is 0. The van der Waals surface area contributed by atoms with Crippen molar-refractivity contribution in [2.24, 2.45) is 0 Å². The first kappa shape index (κ1) is 15.6. The number of rotatable bonds is 0. The summed E-state index contributed by atoms with van der Waals surface area (Å²) in [6.07, 6.45) is 18.3. The van der Waals surface area contributed by atoms with Crippen LogP contribution in [0.25, 0.3) is 11.1 Å². The van der Waals surface area contributed by atoms with Crippen molar-refractivity contribution in [1.82, 2.24) is 0 Å². The minimum Gasteiger partial charge on any atom is -0.275 e. The third kappa shape index (κ3) is 1.92. The highest BCUT2D eigenvalue weighted by atomic mass is 32.2. The highest BCUT2D eigenvalue weighted by Crippen LogP contribution is 2.58. The molecule has 3 aliphatic heterocycles. The summed E-state index contributed by atoms with van der Waals surface area (Å²) in [5.74, 6) is 0. The number of hydrogen-bond acceptors (Lipinski definition) is 4. The predicted octanol–water partition coefficient (Wildman–Crippen LogP) is 5.83. The van der Waals surface area contributed by atoms with Crippen molar-refractivity contribution in [3.63, 3.8) is 0 Å². The van der Waals surface area contributed by atoms with Gasteiger partial charge in [-0.2, -0.15) is 0 Å². The van der Waals surface area contributed by atoms with Gasteiger partial charge in [-0.3, -0.25) is 10.0 Å². The Balaban J connectivity index is 1.56. The van der Waals surface area contributed by atoms with Gasteiger partial charge in [-0.05, 0) is 12.1 Å². The van der Waals surface area contributed by atoms with Crippen LogP contribution in [-0.2, 0) is 0 Å². The summed E-state index contributed by atoms with van der Waals surface area (Å²) in [4.78, 5) is 2.78. The van der Waals surface area contributed by atoms with E-state index in [9.17, 15) is 0 Å². The minimum atomic E-state index is 0.341. The van der Waals surface area contributed by atoms with Crippen LogP contribution >= 0.6 is 23.5 Å². The van der Waals surface area contributed by atoms with Gasteiger partial charge in [0.25, 0.3) is 0 Å². The van der Waals surface area contributed by atoms with Crippen LogP contribution in [-0.4, -0.2) is 22.6 Å². The monoisotopic (exact) mass is 398 g/mol. The molecule has 0 bridgehead atoms. The molecule has 4 atom stereocenters. The van der Waals surface area contributed by atoms with Crippen LogP contribution in [0.3, 0.4) is 0 Å². The van der Waals surface area contributed by atoms with E-state index >= 15 is 0 Å². The average Bonchev–Trinajstić information content (AvgIpc) is 2.75. The van der Waals surface area contributed by atoms with E-state index in [4.69, 9.17) is 0 Å². The molecule has 0 amide bonds. The molecule has 0 spiro atoms. The second-order valence-corrected chi connectivity index (χ2v) is 10.1. The minimum absolute atomic E-state index is 0.341. The Bertz CT molecular complexity index is 1040. The van der Waals surface area contributed by atoms with Crippen molar-refractivity contribution in [2.45, 2.75) is 32.4 Å². The van der Waals surface area contributed by atoms with Gasteiger partial charge >= 0.3 is 0 Å². The molecule has 7 rings (SSSR count). The normalized spacial score (nSPS) is 29.9. The molecule has 2 aliphatic carbocycles. The first-order valence-corrected chi connectivity index (χ1v) is 11.5. The highest BCUT2D eigenvalue weighted by Gasteiger charge is 2.47. The second-order valence-electron chi connectivity index (χ2n) is 7.68. The van der Waals surface area contributed by atoms with Gasteiger partial charge in [-0.25, -0.2) is 0 Å². The quantitative estimate of drug-likeness (QED) is 0.550. The van der Waals surface area contributed by atoms with Crippen LogP contribution < -0.4 is 10.0 Å². The number of thioether (sulfide) groups is 2. The molecule has 2 nitrogen and oxygen atoms in total. The van der Waals surface area contributed by atoms with E-state index in [1.165, 1.54) is 32.3 Å². The number of anilines is 2. The third-order valence-corrected chi connectivity index (χ3v) is 8.77. The molecule has 4 unspecified atom stereocenters. The Labute approximate surface area is 173 Å². The summed E-state index contributed by atoms with van der Waals surface area (Å²) in [5, 5.41) is 6.10. The molecule has 2 aromatic carbocycles. The van der Waals surface area contributed by atoms with Crippen LogP contribution in [0.4, 0.5) is 11.4 Å². The fraction of sp³-hybridized carbons (Fsp3) is 0.167. The van der Waals surface area contributed by atoms with Crippen molar-refractivity contribution < 1.29 is 0 Å². The van der Waals surface area contributed by atoms with E-state index < -0.39 is 0 Å². The zero-order valence-corrected chi connectivity index (χ0v) is 16.7. The summed E-state index contributed by atoms with van der Waals surface area (Å²) >= 11 is 4.01. The fourth-order valence-corrected chi connectivity index (χ4v) is 7.61. The van der Waals surface area contributed by atoms with Gasteiger partial charge in [-0.1, -0.05) is 72.9 Å². The molecule has 28 heavy (non-hydrogen) atoms. The lowest BCUT2D eigenvalue weighted by molar-refractivity contribution is 0.576. The van der Waals surface area contributed by atoms with Gasteiger partial charge in [-0.15, -0.1) is 23.5 Å². The summed E-state index contributed by atoms with van der Waals surface area (Å²) in [5.41, 5.74) is 5.50. The zero-order chi connectivity index (χ0) is 18.2. The van der Waals surface area contributed by atoms with Gasteiger partial charge < -0.3 is 0 Å². The molecular formula is C24H18N2S2. The van der Waals surface area contributed by atoms with Gasteiger partial charge in [0, 0.05) is 20.9 Å². The molecule has 0 N–H and O–H groups in total. The third-order valence-electron chi connectivity index (χ3n) is 6.18. The van der Waals surface area contributed by atoms with Gasteiger partial charge in [0.15, 0.2) is 0 Å². The molecule has 0 fully saturated rings. The Kier molecular flexibility index (Phi) is 3.13. The molecule has 0 radical (unpaired) electrons. The largest absolute Gasteiger partial charge is 0.275 e. The van der Waals surface area contributed by atoms with E-state index in [0.717, 1.165) is 0 Å². The fourth-order valence-electron chi connectivity index (χ4n) is 5.05. The highest BCUT2D eigenvalue weighted by molar-refractivity contribution is 8.00. The maximum atomic E-state index is 2.61. The van der Waals surface area contributed by atoms with Crippen LogP contribution in [0.15, 0.2) is 94.8 Å². The maximum absolute atomic E-state index is 2.61. The number of para-hydroxylation sites is 2. The van der Waals surface area contributed by atoms with E-state index in [-0.39, 0.29) is 0 Å². The van der Waals surface area contributed by atoms with Crippen LogP contribution in [0.1, 0.15) is 0 Å². The molecule has 3 heterocycles. The SMILES string of the molecule is C1=CC2Sc3cccc4c3N(C2C=C1)N1c2c(cccc2-4)SC2C=CC=CC21. The molecule has 2 aromatic rings. The Hall–Kier alpha value is -2.30. The molecular weight excluding hydrogens is 380 g/mol. The Morgan fingerprint density at radius 1 is 0.571 bits per heavy atom. The summed E-state index contributed by atoms with van der Waals surface area (Å²) in [7, 11) is 0. The summed E-state index contributed by atoms with van der Waals surface area (Å²) < 4.78 is 0. The number of fused-ring (bicyclic) bond motifs is 6. The lowest BCUT2D eigenvalue weighted by atomic mass is 9.94. The molecule has 0 saturated heterocycles. The van der Waals surface area contributed by atoms with Crippen LogP contribution in [0, 0.1) is 0 Å². The molecule has 0 aromatic heterocycles. The second kappa shape index (κ2) is 5.62. The first-order valence-electron chi connectivity index (χ1n) is 9.78. The number of benzene rings is 2. The van der Waals surface area contributed by atoms with Crippen molar-refractivity contribution in [3.05, 3.63) is 85.0 Å². The molecule has 0 saturated carbocycles. The number of nitrogens with zero attached hydrogens (tertiary/aromatic N) is 2. The number of hydrogen-bond donors (Lipinski definition) is 0. The standard InChI is InChI=1S/C24H18N2S2/c1-3-11-19-17(9-1)25-23-15(7-5-13-21(23)27-19)16-8-6-14-22-24(16)26(25)18-10-2-4-12-20(18)28-22/h1-14,17-20H. The van der Waals surface area contributed by atoms with E-state index in [2.05, 4.69) is 95.0 Å². The molecule has 136 valence electrons. The van der Waals surface area contributed by atoms with E-state index in [1.807, 2.05) is 23.5 Å². The topological polar surface area (TPSA) is 6.48 Å². The number of allylic oxidation sites excluding steroid dienone is 4. The zero-order valence-electron chi connectivity index (χ0n) is 15.1. The van der Waals surface area contributed by atoms with E-state index in [1.54, 1.807) is 0 Å². The van der Waals surface area contributed by atoms with Crippen molar-refractivity contribution in [1.29, 1.82) is 0 Å². The van der Waals surface area contributed by atoms with Crippen molar-refractivity contribution >= 4 is 34.9 Å². The summed E-state index contributed by atoms with van der Waals surface area (Å²) in [6, 6.07) is 14.3. The van der Waals surface area contributed by atoms with Crippen molar-refractivity contribution in [3.8, 4) is 11.1 Å². The molecule has 4 heteroatoms.